The predicted molar refractivity (Wildman–Crippen MR) is 54.4 cm³/mol. The topological polar surface area (TPSA) is 26.3 Å². The maximum absolute atomic E-state index is 13.1. The number of carbonyl (C=O) groups excluding carboxylic acids is 1. The molecule has 90 valence electrons. The smallest absolute Gasteiger partial charge is 0.317 e. The first kappa shape index (κ1) is 13.1. The van der Waals surface area contributed by atoms with Gasteiger partial charge in [-0.1, -0.05) is 11.8 Å². The van der Waals surface area contributed by atoms with Crippen molar-refractivity contribution in [2.45, 2.75) is 13.3 Å². The highest BCUT2D eigenvalue weighted by Gasteiger charge is 2.08. The number of benzene rings is 1. The van der Waals surface area contributed by atoms with Gasteiger partial charge in [0, 0.05) is 6.07 Å². The molecule has 0 N–H and O–H groups in total. The number of halogens is 3. The van der Waals surface area contributed by atoms with Gasteiger partial charge in [-0.25, -0.2) is 13.2 Å². The van der Waals surface area contributed by atoms with Gasteiger partial charge in [-0.15, -0.1) is 0 Å². The molecule has 0 saturated carbocycles. The Hall–Kier alpha value is -1.96. The first-order valence-corrected chi connectivity index (χ1v) is 4.83. The normalized spacial score (nSPS) is 9.41. The van der Waals surface area contributed by atoms with Crippen LogP contribution in [0.5, 0.6) is 0 Å². The Labute approximate surface area is 96.4 Å². The van der Waals surface area contributed by atoms with Crippen molar-refractivity contribution in [2.24, 2.45) is 0 Å². The van der Waals surface area contributed by atoms with E-state index < -0.39 is 29.0 Å². The maximum Gasteiger partial charge on any atom is 0.317 e. The van der Waals surface area contributed by atoms with Gasteiger partial charge in [0.25, 0.3) is 0 Å². The van der Waals surface area contributed by atoms with E-state index in [0.29, 0.717) is 6.07 Å². The zero-order valence-corrected chi connectivity index (χ0v) is 9.02. The SMILES string of the molecule is CCOC(=O)CC#Cc1cc(F)cc(F)c1F. The zero-order chi connectivity index (χ0) is 12.8. The fourth-order valence-electron chi connectivity index (χ4n) is 1.07. The van der Waals surface area contributed by atoms with Gasteiger partial charge in [-0.05, 0) is 13.0 Å². The number of esters is 1. The predicted octanol–water partition coefficient (Wildman–Crippen LogP) is 2.41. The van der Waals surface area contributed by atoms with E-state index in [1.165, 1.54) is 0 Å². The van der Waals surface area contributed by atoms with Gasteiger partial charge in [0.05, 0.1) is 12.2 Å². The van der Waals surface area contributed by atoms with E-state index in [1.807, 2.05) is 0 Å². The van der Waals surface area contributed by atoms with Crippen LogP contribution in [0, 0.1) is 29.3 Å². The first-order chi connectivity index (χ1) is 8.04. The fourth-order valence-corrected chi connectivity index (χ4v) is 1.07. The highest BCUT2D eigenvalue weighted by Crippen LogP contribution is 2.13. The molecule has 2 nitrogen and oxygen atoms in total. The summed E-state index contributed by atoms with van der Waals surface area (Å²) in [6.45, 7) is 1.84. The Morgan fingerprint density at radius 3 is 2.71 bits per heavy atom. The Kier molecular flexibility index (Phi) is 4.58. The molecule has 17 heavy (non-hydrogen) atoms. The minimum Gasteiger partial charge on any atom is -0.465 e. The minimum absolute atomic E-state index is 0.212. The van der Waals surface area contributed by atoms with E-state index in [4.69, 9.17) is 0 Å². The second kappa shape index (κ2) is 5.94. The van der Waals surface area contributed by atoms with Crippen LogP contribution in [0.25, 0.3) is 0 Å². The molecule has 1 aromatic carbocycles. The molecule has 0 heterocycles. The molecule has 0 amide bonds. The van der Waals surface area contributed by atoms with E-state index in [1.54, 1.807) is 6.92 Å². The molecule has 0 aliphatic heterocycles. The Morgan fingerprint density at radius 1 is 1.35 bits per heavy atom. The molecule has 0 unspecified atom stereocenters. The van der Waals surface area contributed by atoms with Gasteiger partial charge in [0.1, 0.15) is 12.2 Å². The van der Waals surface area contributed by atoms with E-state index in [-0.39, 0.29) is 13.0 Å². The lowest BCUT2D eigenvalue weighted by Crippen LogP contribution is -2.01. The average Bonchev–Trinajstić information content (AvgIpc) is 2.25. The molecule has 1 aromatic rings. The van der Waals surface area contributed by atoms with Crippen LogP contribution < -0.4 is 0 Å². The molecule has 0 spiro atoms. The quantitative estimate of drug-likeness (QED) is 0.452. The van der Waals surface area contributed by atoms with Gasteiger partial charge in [0.2, 0.25) is 0 Å². The molecule has 5 heteroatoms. The van der Waals surface area contributed by atoms with E-state index in [0.717, 1.165) is 6.07 Å². The van der Waals surface area contributed by atoms with Crippen molar-refractivity contribution in [1.29, 1.82) is 0 Å². The second-order valence-electron chi connectivity index (χ2n) is 3.03. The van der Waals surface area contributed by atoms with Crippen molar-refractivity contribution < 1.29 is 22.7 Å². The first-order valence-electron chi connectivity index (χ1n) is 4.83. The molecule has 0 aliphatic rings. The third-order valence-corrected chi connectivity index (χ3v) is 1.75. The second-order valence-corrected chi connectivity index (χ2v) is 3.03. The van der Waals surface area contributed by atoms with Gasteiger partial charge < -0.3 is 4.74 Å². The molecule has 1 rings (SSSR count). The monoisotopic (exact) mass is 242 g/mol. The van der Waals surface area contributed by atoms with Crippen molar-refractivity contribution >= 4 is 5.97 Å². The summed E-state index contributed by atoms with van der Waals surface area (Å²) in [5, 5.41) is 0. The van der Waals surface area contributed by atoms with Gasteiger partial charge in [-0.2, -0.15) is 0 Å². The van der Waals surface area contributed by atoms with Crippen molar-refractivity contribution in [3.63, 3.8) is 0 Å². The van der Waals surface area contributed by atoms with Crippen LogP contribution in [0.1, 0.15) is 18.9 Å². The summed E-state index contributed by atoms with van der Waals surface area (Å²) in [7, 11) is 0. The highest BCUT2D eigenvalue weighted by molar-refractivity contribution is 5.72. The third kappa shape index (κ3) is 3.83. The van der Waals surface area contributed by atoms with Crippen LogP contribution in [0.15, 0.2) is 12.1 Å². The van der Waals surface area contributed by atoms with Crippen molar-refractivity contribution in [1.82, 2.24) is 0 Å². The number of carbonyl (C=O) groups is 1. The minimum atomic E-state index is -1.31. The Bertz CT molecular complexity index is 487. The summed E-state index contributed by atoms with van der Waals surface area (Å²) in [4.78, 5) is 10.9. The van der Waals surface area contributed by atoms with E-state index in [2.05, 4.69) is 16.6 Å². The molecule has 0 fully saturated rings. The molecular formula is C12H9F3O2. The lowest BCUT2D eigenvalue weighted by Gasteiger charge is -1.97. The number of rotatable bonds is 2. The molecule has 0 saturated heterocycles. The van der Waals surface area contributed by atoms with Gasteiger partial charge >= 0.3 is 5.97 Å². The summed E-state index contributed by atoms with van der Waals surface area (Å²) in [5.41, 5.74) is -0.424. The van der Waals surface area contributed by atoms with Crippen molar-refractivity contribution in [3.05, 3.63) is 35.1 Å². The largest absolute Gasteiger partial charge is 0.465 e. The number of hydrogen-bond acceptors (Lipinski definition) is 2. The molecular weight excluding hydrogens is 233 g/mol. The number of ether oxygens (including phenoxy) is 1. The fraction of sp³-hybridized carbons (Fsp3) is 0.250. The van der Waals surface area contributed by atoms with Crippen molar-refractivity contribution in [3.8, 4) is 11.8 Å². The summed E-state index contributed by atoms with van der Waals surface area (Å²) >= 11 is 0. The van der Waals surface area contributed by atoms with Crippen LogP contribution in [0.2, 0.25) is 0 Å². The standard InChI is InChI=1S/C12H9F3O2/c1-2-17-11(16)5-3-4-8-6-9(13)7-10(14)12(8)15/h6-7H,2,5H2,1H3. The van der Waals surface area contributed by atoms with E-state index >= 15 is 0 Å². The zero-order valence-electron chi connectivity index (χ0n) is 9.02. The molecule has 0 aliphatic carbocycles. The Balaban J connectivity index is 2.82. The number of hydrogen-bond donors (Lipinski definition) is 0. The van der Waals surface area contributed by atoms with Gasteiger partial charge in [0.15, 0.2) is 11.6 Å². The molecule has 0 atom stereocenters. The summed E-state index contributed by atoms with van der Waals surface area (Å²) in [6.07, 6.45) is -0.259. The third-order valence-electron chi connectivity index (χ3n) is 1.75. The lowest BCUT2D eigenvalue weighted by atomic mass is 10.2. The average molecular weight is 242 g/mol. The van der Waals surface area contributed by atoms with Crippen LogP contribution in [0.3, 0.4) is 0 Å². The maximum atomic E-state index is 13.1. The molecule has 0 radical (unpaired) electrons. The summed E-state index contributed by atoms with van der Waals surface area (Å²) < 4.78 is 43.2. The van der Waals surface area contributed by atoms with Crippen LogP contribution in [-0.4, -0.2) is 12.6 Å². The van der Waals surface area contributed by atoms with Crippen molar-refractivity contribution in [2.75, 3.05) is 6.61 Å². The lowest BCUT2D eigenvalue weighted by molar-refractivity contribution is -0.141. The Morgan fingerprint density at radius 2 is 2.06 bits per heavy atom. The summed E-state index contributed by atoms with van der Waals surface area (Å²) in [6, 6.07) is 1.18. The summed E-state index contributed by atoms with van der Waals surface area (Å²) in [5.74, 6) is 0.415. The highest BCUT2D eigenvalue weighted by atomic mass is 19.2. The van der Waals surface area contributed by atoms with Crippen LogP contribution in [-0.2, 0) is 9.53 Å². The van der Waals surface area contributed by atoms with Crippen LogP contribution >= 0.6 is 0 Å². The van der Waals surface area contributed by atoms with E-state index in [9.17, 15) is 18.0 Å². The molecule has 0 aromatic heterocycles. The van der Waals surface area contributed by atoms with Gasteiger partial charge in [-0.3, -0.25) is 4.79 Å². The van der Waals surface area contributed by atoms with Crippen LogP contribution in [0.4, 0.5) is 13.2 Å². The molecule has 0 bridgehead atoms.